The number of ether oxygens (including phenoxy) is 1. The van der Waals surface area contributed by atoms with Crippen molar-refractivity contribution in [1.29, 1.82) is 0 Å². The molecule has 0 unspecified atom stereocenters. The molecule has 30 heavy (non-hydrogen) atoms. The molecule has 0 saturated carbocycles. The molecule has 2 aromatic carbocycles. The number of hydrogen-bond acceptors (Lipinski definition) is 4. The topological polar surface area (TPSA) is 81.6 Å². The fourth-order valence-corrected chi connectivity index (χ4v) is 3.18. The van der Waals surface area contributed by atoms with E-state index in [1.165, 1.54) is 5.56 Å². The van der Waals surface area contributed by atoms with Crippen LogP contribution in [0.5, 0.6) is 5.75 Å². The number of benzene rings is 2. The average molecular weight is 400 g/mol. The predicted molar refractivity (Wildman–Crippen MR) is 120 cm³/mol. The van der Waals surface area contributed by atoms with Gasteiger partial charge in [0, 0.05) is 29.3 Å². The van der Waals surface area contributed by atoms with Crippen LogP contribution in [0.4, 0.5) is 11.4 Å². The van der Waals surface area contributed by atoms with Crippen molar-refractivity contribution in [2.75, 3.05) is 17.7 Å². The molecule has 3 N–H and O–H groups in total. The Hall–Kier alpha value is -3.80. The van der Waals surface area contributed by atoms with Gasteiger partial charge in [0.15, 0.2) is 18.0 Å². The molecular formula is C24H24N4O2. The van der Waals surface area contributed by atoms with Crippen LogP contribution in [0.1, 0.15) is 25.3 Å². The zero-order chi connectivity index (χ0) is 21.1. The molecule has 0 atom stereocenters. The Kier molecular flexibility index (Phi) is 5.39. The van der Waals surface area contributed by atoms with E-state index >= 15 is 0 Å². The fraction of sp³-hybridized carbons (Fsp3) is 0.167. The maximum atomic E-state index is 12.3. The molecule has 6 heteroatoms. The third kappa shape index (κ3) is 4.27. The van der Waals surface area contributed by atoms with Crippen molar-refractivity contribution >= 4 is 22.9 Å². The highest BCUT2D eigenvalue weighted by Gasteiger charge is 2.11. The van der Waals surface area contributed by atoms with Gasteiger partial charge in [-0.15, -0.1) is 0 Å². The summed E-state index contributed by atoms with van der Waals surface area (Å²) in [7, 11) is 0. The molecule has 0 saturated heterocycles. The number of nitrogen functional groups attached to an aromatic ring is 1. The van der Waals surface area contributed by atoms with E-state index < -0.39 is 0 Å². The van der Waals surface area contributed by atoms with E-state index in [2.05, 4.69) is 24.1 Å². The highest BCUT2D eigenvalue weighted by molar-refractivity contribution is 5.92. The molecule has 4 aromatic rings. The summed E-state index contributed by atoms with van der Waals surface area (Å²) in [5.74, 6) is 0.773. The van der Waals surface area contributed by atoms with Gasteiger partial charge in [0.25, 0.3) is 5.91 Å². The van der Waals surface area contributed by atoms with E-state index in [4.69, 9.17) is 10.5 Å². The molecule has 6 nitrogen and oxygen atoms in total. The van der Waals surface area contributed by atoms with Gasteiger partial charge in [0.1, 0.15) is 0 Å². The summed E-state index contributed by atoms with van der Waals surface area (Å²) in [5, 5.41) is 2.86. The zero-order valence-electron chi connectivity index (χ0n) is 17.0. The first kappa shape index (κ1) is 19.5. The van der Waals surface area contributed by atoms with Crippen molar-refractivity contribution in [3.05, 3.63) is 78.6 Å². The summed E-state index contributed by atoms with van der Waals surface area (Å²) >= 11 is 0. The summed E-state index contributed by atoms with van der Waals surface area (Å²) in [6.45, 7) is 4.17. The first-order chi connectivity index (χ1) is 14.5. The molecule has 4 rings (SSSR count). The zero-order valence-corrected chi connectivity index (χ0v) is 17.0. The number of pyridine rings is 1. The van der Waals surface area contributed by atoms with Crippen molar-refractivity contribution in [3.8, 4) is 17.0 Å². The van der Waals surface area contributed by atoms with Crippen molar-refractivity contribution in [2.45, 2.75) is 19.8 Å². The van der Waals surface area contributed by atoms with Gasteiger partial charge in [-0.3, -0.25) is 4.79 Å². The van der Waals surface area contributed by atoms with Crippen molar-refractivity contribution in [3.63, 3.8) is 0 Å². The predicted octanol–water partition coefficient (Wildman–Crippen LogP) is 4.72. The van der Waals surface area contributed by atoms with Crippen LogP contribution >= 0.6 is 0 Å². The minimum absolute atomic E-state index is 0.102. The molecule has 0 radical (unpaired) electrons. The lowest BCUT2D eigenvalue weighted by atomic mass is 10.0. The number of rotatable bonds is 6. The fourth-order valence-electron chi connectivity index (χ4n) is 3.18. The number of fused-ring (bicyclic) bond motifs is 1. The van der Waals surface area contributed by atoms with Gasteiger partial charge >= 0.3 is 0 Å². The van der Waals surface area contributed by atoms with E-state index in [9.17, 15) is 4.79 Å². The minimum atomic E-state index is -0.223. The average Bonchev–Trinajstić information content (AvgIpc) is 3.18. The number of nitrogens with two attached hydrogens (primary N) is 1. The molecule has 152 valence electrons. The quantitative estimate of drug-likeness (QED) is 0.459. The Labute approximate surface area is 175 Å². The number of imidazole rings is 1. The van der Waals surface area contributed by atoms with Crippen LogP contribution < -0.4 is 15.8 Å². The molecular weight excluding hydrogens is 376 g/mol. The van der Waals surface area contributed by atoms with E-state index in [1.54, 1.807) is 6.07 Å². The molecule has 0 aliphatic rings. The second-order valence-electron chi connectivity index (χ2n) is 7.47. The molecule has 1 amide bonds. The number of carbonyl (C=O) groups excluding carboxylic acids is 1. The Morgan fingerprint density at radius 1 is 1.10 bits per heavy atom. The van der Waals surface area contributed by atoms with Crippen LogP contribution in [0.25, 0.3) is 16.9 Å². The van der Waals surface area contributed by atoms with Crippen molar-refractivity contribution in [1.82, 2.24) is 9.38 Å². The first-order valence-corrected chi connectivity index (χ1v) is 9.86. The number of carbonyl (C=O) groups is 1. The maximum Gasteiger partial charge on any atom is 0.262 e. The molecule has 0 spiro atoms. The molecule has 2 aromatic heterocycles. The number of anilines is 2. The van der Waals surface area contributed by atoms with Gasteiger partial charge in [-0.05, 0) is 47.9 Å². The summed E-state index contributed by atoms with van der Waals surface area (Å²) in [6, 6.07) is 19.0. The van der Waals surface area contributed by atoms with Gasteiger partial charge in [-0.2, -0.15) is 0 Å². The van der Waals surface area contributed by atoms with Gasteiger partial charge in [0.2, 0.25) is 0 Å². The van der Waals surface area contributed by atoms with Crippen LogP contribution in [0, 0.1) is 0 Å². The van der Waals surface area contributed by atoms with E-state index in [1.807, 2.05) is 71.4 Å². The largest absolute Gasteiger partial charge is 0.480 e. The second-order valence-corrected chi connectivity index (χ2v) is 7.47. The minimum Gasteiger partial charge on any atom is -0.480 e. The number of aromatic nitrogens is 2. The summed E-state index contributed by atoms with van der Waals surface area (Å²) in [4.78, 5) is 17.0. The highest BCUT2D eigenvalue weighted by Crippen LogP contribution is 2.25. The van der Waals surface area contributed by atoms with Crippen LogP contribution in [-0.2, 0) is 4.79 Å². The number of nitrogens with one attached hydrogen (secondary N) is 1. The summed E-state index contributed by atoms with van der Waals surface area (Å²) in [6.07, 6.45) is 3.82. The Morgan fingerprint density at radius 3 is 2.53 bits per heavy atom. The summed E-state index contributed by atoms with van der Waals surface area (Å²) in [5.41, 5.74) is 10.9. The van der Waals surface area contributed by atoms with Crippen LogP contribution in [0.3, 0.4) is 0 Å². The van der Waals surface area contributed by atoms with Crippen LogP contribution in [0.15, 0.2) is 73.1 Å². The highest BCUT2D eigenvalue weighted by atomic mass is 16.5. The first-order valence-electron chi connectivity index (χ1n) is 9.86. The van der Waals surface area contributed by atoms with E-state index in [-0.39, 0.29) is 12.5 Å². The number of hydrogen-bond donors (Lipinski definition) is 2. The van der Waals surface area contributed by atoms with E-state index in [0.717, 1.165) is 16.9 Å². The van der Waals surface area contributed by atoms with Gasteiger partial charge in [-0.1, -0.05) is 38.1 Å². The standard InChI is InChI=1S/C24H24N4O2/c1-16(2)17-7-11-20(12-8-17)26-23(29)15-30-22-4-3-13-28-14-21(27-24(22)28)18-5-9-19(25)10-6-18/h3-14,16H,15,25H2,1-2H3,(H,26,29). The molecule has 0 aliphatic heterocycles. The Balaban J connectivity index is 1.45. The Morgan fingerprint density at radius 2 is 1.83 bits per heavy atom. The SMILES string of the molecule is CC(C)c1ccc(NC(=O)COc2cccn3cc(-c4ccc(N)cc4)nc23)cc1. The van der Waals surface area contributed by atoms with Gasteiger partial charge in [-0.25, -0.2) is 4.98 Å². The number of nitrogens with zero attached hydrogens (tertiary/aromatic N) is 2. The lowest BCUT2D eigenvalue weighted by Gasteiger charge is -2.10. The number of amides is 1. The molecule has 0 bridgehead atoms. The van der Waals surface area contributed by atoms with Gasteiger partial charge in [0.05, 0.1) is 5.69 Å². The third-order valence-corrected chi connectivity index (χ3v) is 4.87. The third-order valence-electron chi connectivity index (χ3n) is 4.87. The lowest BCUT2D eigenvalue weighted by Crippen LogP contribution is -2.20. The maximum absolute atomic E-state index is 12.3. The molecule has 2 heterocycles. The Bertz CT molecular complexity index is 1160. The van der Waals surface area contributed by atoms with E-state index in [0.29, 0.717) is 23.0 Å². The normalized spacial score (nSPS) is 11.0. The lowest BCUT2D eigenvalue weighted by molar-refractivity contribution is -0.118. The molecule has 0 fully saturated rings. The van der Waals surface area contributed by atoms with Crippen molar-refractivity contribution < 1.29 is 9.53 Å². The smallest absolute Gasteiger partial charge is 0.262 e. The van der Waals surface area contributed by atoms with Crippen LogP contribution in [0.2, 0.25) is 0 Å². The van der Waals surface area contributed by atoms with Crippen molar-refractivity contribution in [2.24, 2.45) is 0 Å². The van der Waals surface area contributed by atoms with Crippen LogP contribution in [-0.4, -0.2) is 21.9 Å². The summed E-state index contributed by atoms with van der Waals surface area (Å²) < 4.78 is 7.65. The second kappa shape index (κ2) is 8.29. The van der Waals surface area contributed by atoms with Gasteiger partial charge < -0.3 is 20.2 Å². The monoisotopic (exact) mass is 400 g/mol. The molecule has 0 aliphatic carbocycles.